The first kappa shape index (κ1) is 11.0. The lowest BCUT2D eigenvalue weighted by molar-refractivity contribution is -0.143. The molecule has 80 valence electrons. The monoisotopic (exact) mass is 199 g/mol. The van der Waals surface area contributed by atoms with Crippen LogP contribution >= 0.6 is 0 Å². The summed E-state index contributed by atoms with van der Waals surface area (Å²) in [6, 6.07) is 0. The van der Waals surface area contributed by atoms with E-state index in [0.717, 1.165) is 31.4 Å². The summed E-state index contributed by atoms with van der Waals surface area (Å²) in [5, 5.41) is 11.9. The zero-order chi connectivity index (χ0) is 10.4. The summed E-state index contributed by atoms with van der Waals surface area (Å²) in [6.07, 6.45) is 4.13. The maximum absolute atomic E-state index is 11.1. The highest BCUT2D eigenvalue weighted by Gasteiger charge is 2.23. The van der Waals surface area contributed by atoms with E-state index >= 15 is 0 Å². The zero-order valence-corrected chi connectivity index (χ0v) is 8.53. The average Bonchev–Trinajstić information content (AvgIpc) is 2.62. The standard InChI is InChI=1S/C10H17NO3/c1-2-14-10(12)7-6-8-4-3-5-9(8)11-13/h8,13H,2-7H2,1H3/b11-9+. The Kier molecular flexibility index (Phi) is 4.43. The minimum absolute atomic E-state index is 0.156. The lowest BCUT2D eigenvalue weighted by Crippen LogP contribution is -2.11. The molecule has 1 unspecified atom stereocenters. The van der Waals surface area contributed by atoms with Crippen LogP contribution < -0.4 is 0 Å². The zero-order valence-electron chi connectivity index (χ0n) is 8.53. The minimum atomic E-state index is -0.156. The highest BCUT2D eigenvalue weighted by atomic mass is 16.5. The van der Waals surface area contributed by atoms with Crippen molar-refractivity contribution in [2.24, 2.45) is 11.1 Å². The Labute approximate surface area is 83.9 Å². The Balaban J connectivity index is 2.27. The third kappa shape index (κ3) is 3.01. The molecule has 1 N–H and O–H groups in total. The maximum Gasteiger partial charge on any atom is 0.305 e. The third-order valence-corrected chi connectivity index (χ3v) is 2.59. The topological polar surface area (TPSA) is 58.9 Å². The van der Waals surface area contributed by atoms with Gasteiger partial charge in [-0.3, -0.25) is 4.79 Å². The molecule has 0 heterocycles. The fraction of sp³-hybridized carbons (Fsp3) is 0.800. The van der Waals surface area contributed by atoms with E-state index in [1.165, 1.54) is 0 Å². The average molecular weight is 199 g/mol. The molecule has 0 aromatic heterocycles. The van der Waals surface area contributed by atoms with Gasteiger partial charge in [0.05, 0.1) is 12.3 Å². The van der Waals surface area contributed by atoms with E-state index in [1.54, 1.807) is 6.92 Å². The van der Waals surface area contributed by atoms with E-state index in [4.69, 9.17) is 9.94 Å². The van der Waals surface area contributed by atoms with Gasteiger partial charge in [0.2, 0.25) is 0 Å². The molecular formula is C10H17NO3. The van der Waals surface area contributed by atoms with Crippen molar-refractivity contribution >= 4 is 11.7 Å². The normalized spacial score (nSPS) is 24.1. The molecule has 0 aromatic carbocycles. The van der Waals surface area contributed by atoms with Crippen molar-refractivity contribution in [2.75, 3.05) is 6.61 Å². The molecule has 0 saturated heterocycles. The molecule has 1 atom stereocenters. The number of ether oxygens (including phenoxy) is 1. The molecule has 1 aliphatic carbocycles. The van der Waals surface area contributed by atoms with Gasteiger partial charge in [-0.15, -0.1) is 0 Å². The van der Waals surface area contributed by atoms with Crippen LogP contribution in [0.4, 0.5) is 0 Å². The number of nitrogens with zero attached hydrogens (tertiary/aromatic N) is 1. The predicted octanol–water partition coefficient (Wildman–Crippen LogP) is 1.96. The molecule has 4 nitrogen and oxygen atoms in total. The fourth-order valence-corrected chi connectivity index (χ4v) is 1.87. The molecule has 14 heavy (non-hydrogen) atoms. The number of hydrogen-bond donors (Lipinski definition) is 1. The van der Waals surface area contributed by atoms with Crippen molar-refractivity contribution in [1.29, 1.82) is 0 Å². The number of esters is 1. The number of rotatable bonds is 4. The Morgan fingerprint density at radius 3 is 3.14 bits per heavy atom. The predicted molar refractivity (Wildman–Crippen MR) is 52.4 cm³/mol. The number of oxime groups is 1. The second-order valence-corrected chi connectivity index (χ2v) is 3.52. The Morgan fingerprint density at radius 2 is 2.50 bits per heavy atom. The van der Waals surface area contributed by atoms with Gasteiger partial charge in [0.15, 0.2) is 0 Å². The number of hydrogen-bond acceptors (Lipinski definition) is 4. The van der Waals surface area contributed by atoms with Crippen LogP contribution in [-0.4, -0.2) is 23.5 Å². The molecule has 0 bridgehead atoms. The molecule has 4 heteroatoms. The molecular weight excluding hydrogens is 182 g/mol. The molecule has 0 radical (unpaired) electrons. The molecule has 0 spiro atoms. The molecule has 0 amide bonds. The van der Waals surface area contributed by atoms with Gasteiger partial charge in [-0.1, -0.05) is 5.16 Å². The molecule has 1 aliphatic rings. The van der Waals surface area contributed by atoms with Crippen LogP contribution in [0.5, 0.6) is 0 Å². The lowest BCUT2D eigenvalue weighted by atomic mass is 10.0. The van der Waals surface area contributed by atoms with E-state index in [2.05, 4.69) is 5.16 Å². The SMILES string of the molecule is CCOC(=O)CCC1CCC/C1=N\O. The Bertz CT molecular complexity index is 225. The summed E-state index contributed by atoms with van der Waals surface area (Å²) < 4.78 is 4.83. The van der Waals surface area contributed by atoms with Crippen LogP contribution in [-0.2, 0) is 9.53 Å². The van der Waals surface area contributed by atoms with E-state index in [0.29, 0.717) is 13.0 Å². The molecule has 0 aromatic rings. The van der Waals surface area contributed by atoms with Gasteiger partial charge in [-0.05, 0) is 32.6 Å². The largest absolute Gasteiger partial charge is 0.466 e. The van der Waals surface area contributed by atoms with Crippen LogP contribution in [0.15, 0.2) is 5.16 Å². The van der Waals surface area contributed by atoms with Crippen molar-refractivity contribution in [3.8, 4) is 0 Å². The van der Waals surface area contributed by atoms with Gasteiger partial charge in [0.1, 0.15) is 0 Å². The molecule has 1 saturated carbocycles. The summed E-state index contributed by atoms with van der Waals surface area (Å²) in [5.74, 6) is 0.126. The van der Waals surface area contributed by atoms with Crippen LogP contribution in [0.3, 0.4) is 0 Å². The Hall–Kier alpha value is -1.06. The van der Waals surface area contributed by atoms with Crippen LogP contribution in [0.25, 0.3) is 0 Å². The van der Waals surface area contributed by atoms with E-state index in [-0.39, 0.29) is 11.9 Å². The second-order valence-electron chi connectivity index (χ2n) is 3.52. The van der Waals surface area contributed by atoms with Gasteiger partial charge < -0.3 is 9.94 Å². The molecule has 1 rings (SSSR count). The van der Waals surface area contributed by atoms with Gasteiger partial charge in [0, 0.05) is 12.3 Å². The number of carbonyl (C=O) groups is 1. The third-order valence-electron chi connectivity index (χ3n) is 2.59. The maximum atomic E-state index is 11.1. The first-order chi connectivity index (χ1) is 6.77. The van der Waals surface area contributed by atoms with Crippen LogP contribution in [0.1, 0.15) is 39.0 Å². The minimum Gasteiger partial charge on any atom is -0.466 e. The summed E-state index contributed by atoms with van der Waals surface area (Å²) in [5.41, 5.74) is 0.842. The van der Waals surface area contributed by atoms with Gasteiger partial charge >= 0.3 is 5.97 Å². The smallest absolute Gasteiger partial charge is 0.305 e. The Morgan fingerprint density at radius 1 is 1.71 bits per heavy atom. The highest BCUT2D eigenvalue weighted by molar-refractivity contribution is 5.88. The van der Waals surface area contributed by atoms with Crippen molar-refractivity contribution in [3.63, 3.8) is 0 Å². The van der Waals surface area contributed by atoms with E-state index in [1.807, 2.05) is 0 Å². The number of carbonyl (C=O) groups excluding carboxylic acids is 1. The van der Waals surface area contributed by atoms with E-state index in [9.17, 15) is 4.79 Å². The summed E-state index contributed by atoms with van der Waals surface area (Å²) >= 11 is 0. The van der Waals surface area contributed by atoms with Gasteiger partial charge in [0.25, 0.3) is 0 Å². The molecule has 0 aliphatic heterocycles. The quantitative estimate of drug-likeness (QED) is 0.427. The highest BCUT2D eigenvalue weighted by Crippen LogP contribution is 2.26. The van der Waals surface area contributed by atoms with Crippen molar-refractivity contribution in [1.82, 2.24) is 0 Å². The van der Waals surface area contributed by atoms with Gasteiger partial charge in [-0.25, -0.2) is 0 Å². The van der Waals surface area contributed by atoms with Crippen LogP contribution in [0, 0.1) is 5.92 Å². The van der Waals surface area contributed by atoms with Crippen LogP contribution in [0.2, 0.25) is 0 Å². The second kappa shape index (κ2) is 5.62. The van der Waals surface area contributed by atoms with E-state index < -0.39 is 0 Å². The summed E-state index contributed by atoms with van der Waals surface area (Å²) in [6.45, 7) is 2.23. The fourth-order valence-electron chi connectivity index (χ4n) is 1.87. The lowest BCUT2D eigenvalue weighted by Gasteiger charge is -2.08. The molecule has 1 fully saturated rings. The van der Waals surface area contributed by atoms with Crippen molar-refractivity contribution < 1.29 is 14.7 Å². The first-order valence-corrected chi connectivity index (χ1v) is 5.14. The first-order valence-electron chi connectivity index (χ1n) is 5.14. The summed E-state index contributed by atoms with van der Waals surface area (Å²) in [4.78, 5) is 11.1. The van der Waals surface area contributed by atoms with Crippen molar-refractivity contribution in [2.45, 2.75) is 39.0 Å². The summed E-state index contributed by atoms with van der Waals surface area (Å²) in [7, 11) is 0. The van der Waals surface area contributed by atoms with Gasteiger partial charge in [-0.2, -0.15) is 0 Å². The van der Waals surface area contributed by atoms with Crippen molar-refractivity contribution in [3.05, 3.63) is 0 Å².